The quantitative estimate of drug-likeness (QED) is 0.760. The number of imidazole rings is 1. The zero-order chi connectivity index (χ0) is 10.6. The van der Waals surface area contributed by atoms with Gasteiger partial charge in [-0.3, -0.25) is 0 Å². The minimum absolute atomic E-state index is 0.281. The summed E-state index contributed by atoms with van der Waals surface area (Å²) in [6, 6.07) is 0. The van der Waals surface area contributed by atoms with Crippen LogP contribution in [-0.2, 0) is 7.05 Å². The monoisotopic (exact) mass is 267 g/mol. The van der Waals surface area contributed by atoms with Crippen molar-refractivity contribution >= 4 is 21.9 Å². The van der Waals surface area contributed by atoms with Crippen molar-refractivity contribution in [2.45, 2.75) is 6.43 Å². The molecular formula is C8H12BrF2N3. The highest BCUT2D eigenvalue weighted by atomic mass is 79.9. The molecule has 0 radical (unpaired) electrons. The van der Waals surface area contributed by atoms with E-state index in [-0.39, 0.29) is 6.54 Å². The van der Waals surface area contributed by atoms with E-state index < -0.39 is 6.43 Å². The molecule has 0 saturated heterocycles. The van der Waals surface area contributed by atoms with Crippen LogP contribution >= 0.6 is 15.9 Å². The molecule has 0 atom stereocenters. The van der Waals surface area contributed by atoms with Gasteiger partial charge >= 0.3 is 0 Å². The maximum atomic E-state index is 12.2. The van der Waals surface area contributed by atoms with Crippen molar-refractivity contribution in [1.29, 1.82) is 0 Å². The van der Waals surface area contributed by atoms with Gasteiger partial charge in [0.25, 0.3) is 6.43 Å². The van der Waals surface area contributed by atoms with E-state index in [2.05, 4.69) is 20.9 Å². The Bertz CT molecular complexity index is 277. The predicted molar refractivity (Wildman–Crippen MR) is 55.2 cm³/mol. The normalized spacial score (nSPS) is 10.9. The summed E-state index contributed by atoms with van der Waals surface area (Å²) in [6.45, 7) is 0.242. The molecule has 0 bridgehead atoms. The van der Waals surface area contributed by atoms with Crippen molar-refractivity contribution < 1.29 is 8.78 Å². The van der Waals surface area contributed by atoms with Crippen LogP contribution in [0.15, 0.2) is 12.4 Å². The minimum Gasteiger partial charge on any atom is -0.336 e. The summed E-state index contributed by atoms with van der Waals surface area (Å²) >= 11 is 3.23. The molecule has 1 rings (SSSR count). The van der Waals surface area contributed by atoms with E-state index in [1.807, 2.05) is 0 Å². The molecule has 0 aliphatic carbocycles. The van der Waals surface area contributed by atoms with E-state index in [1.165, 1.54) is 0 Å². The van der Waals surface area contributed by atoms with Crippen LogP contribution in [-0.4, -0.2) is 34.4 Å². The molecule has 0 saturated carbocycles. The highest BCUT2D eigenvalue weighted by molar-refractivity contribution is 9.09. The van der Waals surface area contributed by atoms with Crippen molar-refractivity contribution in [3.05, 3.63) is 12.4 Å². The van der Waals surface area contributed by atoms with Gasteiger partial charge < -0.3 is 9.47 Å². The Morgan fingerprint density at radius 2 is 2.36 bits per heavy atom. The average Bonchev–Trinajstić information content (AvgIpc) is 2.50. The molecule has 1 aromatic heterocycles. The van der Waals surface area contributed by atoms with Gasteiger partial charge in [-0.1, -0.05) is 15.9 Å². The molecule has 0 aromatic carbocycles. The second-order valence-corrected chi connectivity index (χ2v) is 3.66. The van der Waals surface area contributed by atoms with E-state index in [0.29, 0.717) is 17.8 Å². The fourth-order valence-electron chi connectivity index (χ4n) is 1.20. The number of hydrogen-bond donors (Lipinski definition) is 0. The van der Waals surface area contributed by atoms with E-state index >= 15 is 0 Å². The molecule has 1 heterocycles. The van der Waals surface area contributed by atoms with Crippen LogP contribution in [0.1, 0.15) is 0 Å². The fourth-order valence-corrected chi connectivity index (χ4v) is 1.63. The van der Waals surface area contributed by atoms with Crippen molar-refractivity contribution in [3.63, 3.8) is 0 Å². The van der Waals surface area contributed by atoms with E-state index in [4.69, 9.17) is 0 Å². The number of aryl methyl sites for hydroxylation is 1. The van der Waals surface area contributed by atoms with Crippen LogP contribution in [0.5, 0.6) is 0 Å². The Hall–Kier alpha value is -0.650. The van der Waals surface area contributed by atoms with Gasteiger partial charge in [-0.2, -0.15) is 0 Å². The molecule has 14 heavy (non-hydrogen) atoms. The Balaban J connectivity index is 2.72. The van der Waals surface area contributed by atoms with Gasteiger partial charge in [0.2, 0.25) is 5.95 Å². The summed E-state index contributed by atoms with van der Waals surface area (Å²) in [5, 5.41) is 0.645. The molecule has 0 aliphatic heterocycles. The third-order valence-corrected chi connectivity index (χ3v) is 2.15. The summed E-state index contributed by atoms with van der Waals surface area (Å²) in [7, 11) is 1.79. The van der Waals surface area contributed by atoms with Crippen molar-refractivity contribution in [2.75, 3.05) is 23.3 Å². The van der Waals surface area contributed by atoms with Crippen LogP contribution < -0.4 is 4.90 Å². The summed E-state index contributed by atoms with van der Waals surface area (Å²) in [5.41, 5.74) is 0. The molecule has 0 aliphatic rings. The lowest BCUT2D eigenvalue weighted by Gasteiger charge is -2.21. The first-order valence-corrected chi connectivity index (χ1v) is 5.33. The second kappa shape index (κ2) is 5.29. The minimum atomic E-state index is -2.34. The first-order valence-electron chi connectivity index (χ1n) is 4.21. The molecule has 0 amide bonds. The standard InChI is InChI=1S/C8H12BrF2N3/c1-13-5-3-12-8(13)14(4-2-9)6-7(10)11/h3,5,7H,2,4,6H2,1H3. The molecule has 0 unspecified atom stereocenters. The molecule has 6 heteroatoms. The number of hydrogen-bond acceptors (Lipinski definition) is 2. The Morgan fingerprint density at radius 1 is 1.64 bits per heavy atom. The van der Waals surface area contributed by atoms with E-state index in [0.717, 1.165) is 0 Å². The van der Waals surface area contributed by atoms with Gasteiger partial charge in [-0.25, -0.2) is 13.8 Å². The second-order valence-electron chi connectivity index (χ2n) is 2.86. The Kier molecular flexibility index (Phi) is 4.31. The first kappa shape index (κ1) is 11.4. The van der Waals surface area contributed by atoms with Gasteiger partial charge in [0, 0.05) is 31.3 Å². The highest BCUT2D eigenvalue weighted by Crippen LogP contribution is 2.11. The SMILES string of the molecule is Cn1ccnc1N(CCBr)CC(F)F. The first-order chi connectivity index (χ1) is 6.65. The number of halogens is 3. The summed E-state index contributed by atoms with van der Waals surface area (Å²) in [4.78, 5) is 5.58. The fraction of sp³-hybridized carbons (Fsp3) is 0.625. The van der Waals surface area contributed by atoms with Gasteiger partial charge in [0.15, 0.2) is 0 Å². The molecule has 0 spiro atoms. The van der Waals surface area contributed by atoms with Gasteiger partial charge in [0.05, 0.1) is 6.54 Å². The lowest BCUT2D eigenvalue weighted by atomic mass is 10.5. The maximum Gasteiger partial charge on any atom is 0.255 e. The van der Waals surface area contributed by atoms with Crippen LogP contribution in [0.4, 0.5) is 14.7 Å². The Morgan fingerprint density at radius 3 is 2.79 bits per heavy atom. The van der Waals surface area contributed by atoms with Crippen LogP contribution in [0, 0.1) is 0 Å². The molecule has 0 fully saturated rings. The number of rotatable bonds is 5. The highest BCUT2D eigenvalue weighted by Gasteiger charge is 2.15. The third kappa shape index (κ3) is 2.94. The van der Waals surface area contributed by atoms with Crippen LogP contribution in [0.2, 0.25) is 0 Å². The molecule has 0 N–H and O–H groups in total. The van der Waals surface area contributed by atoms with E-state index in [1.54, 1.807) is 28.9 Å². The Labute approximate surface area is 89.9 Å². The van der Waals surface area contributed by atoms with Gasteiger partial charge in [0.1, 0.15) is 0 Å². The number of alkyl halides is 3. The van der Waals surface area contributed by atoms with Crippen LogP contribution in [0.3, 0.4) is 0 Å². The average molecular weight is 268 g/mol. The predicted octanol–water partition coefficient (Wildman–Crippen LogP) is 1.89. The summed E-state index contributed by atoms with van der Waals surface area (Å²) in [5.74, 6) is 0.574. The number of anilines is 1. The molecule has 3 nitrogen and oxygen atoms in total. The molecular weight excluding hydrogens is 256 g/mol. The molecule has 80 valence electrons. The van der Waals surface area contributed by atoms with Crippen molar-refractivity contribution in [3.8, 4) is 0 Å². The smallest absolute Gasteiger partial charge is 0.255 e. The summed E-state index contributed by atoms with van der Waals surface area (Å²) < 4.78 is 26.2. The number of aromatic nitrogens is 2. The van der Waals surface area contributed by atoms with E-state index in [9.17, 15) is 8.78 Å². The maximum absolute atomic E-state index is 12.2. The zero-order valence-electron chi connectivity index (χ0n) is 7.83. The topological polar surface area (TPSA) is 21.1 Å². The zero-order valence-corrected chi connectivity index (χ0v) is 9.41. The third-order valence-electron chi connectivity index (χ3n) is 1.79. The van der Waals surface area contributed by atoms with Crippen molar-refractivity contribution in [1.82, 2.24) is 9.55 Å². The largest absolute Gasteiger partial charge is 0.336 e. The summed E-state index contributed by atoms with van der Waals surface area (Å²) in [6.07, 6.45) is 0.995. The lowest BCUT2D eigenvalue weighted by Crippen LogP contribution is -2.32. The van der Waals surface area contributed by atoms with Crippen LogP contribution in [0.25, 0.3) is 0 Å². The lowest BCUT2D eigenvalue weighted by molar-refractivity contribution is 0.154. The molecule has 1 aromatic rings. The van der Waals surface area contributed by atoms with Gasteiger partial charge in [-0.05, 0) is 0 Å². The number of nitrogens with zero attached hydrogens (tertiary/aromatic N) is 3. The van der Waals surface area contributed by atoms with Gasteiger partial charge in [-0.15, -0.1) is 0 Å². The van der Waals surface area contributed by atoms with Crippen molar-refractivity contribution in [2.24, 2.45) is 7.05 Å².